The van der Waals surface area contributed by atoms with Crippen LogP contribution in [0.3, 0.4) is 0 Å². The third-order valence-corrected chi connectivity index (χ3v) is 6.92. The fraction of sp³-hybridized carbons (Fsp3) is 0.280. The molecule has 190 valence electrons. The fourth-order valence-corrected chi connectivity index (χ4v) is 4.82. The lowest BCUT2D eigenvalue weighted by atomic mass is 10.1. The summed E-state index contributed by atoms with van der Waals surface area (Å²) in [5.41, 5.74) is 5.98. The van der Waals surface area contributed by atoms with E-state index in [1.165, 1.54) is 11.8 Å². The Hall–Kier alpha value is -3.08. The summed E-state index contributed by atoms with van der Waals surface area (Å²) in [5.74, 6) is 0.342. The molecule has 1 saturated heterocycles. The first-order valence-electron chi connectivity index (χ1n) is 11.1. The van der Waals surface area contributed by atoms with E-state index in [2.05, 4.69) is 10.9 Å². The summed E-state index contributed by atoms with van der Waals surface area (Å²) < 4.78 is 11.1. The molecule has 0 spiro atoms. The van der Waals surface area contributed by atoms with Crippen LogP contribution in [0.2, 0.25) is 5.02 Å². The molecule has 0 unspecified atom stereocenters. The predicted octanol–water partition coefficient (Wildman–Crippen LogP) is 4.58. The lowest BCUT2D eigenvalue weighted by Gasteiger charge is -2.14. The highest BCUT2D eigenvalue weighted by atomic mass is 35.5. The quantitative estimate of drug-likeness (QED) is 0.194. The zero-order valence-corrected chi connectivity index (χ0v) is 22.2. The normalized spacial score (nSPS) is 14.2. The maximum atomic E-state index is 12.8. The van der Waals surface area contributed by atoms with E-state index in [9.17, 15) is 14.4 Å². The van der Waals surface area contributed by atoms with Crippen LogP contribution in [0, 0.1) is 0 Å². The van der Waals surface area contributed by atoms with E-state index in [4.69, 9.17) is 33.3 Å². The van der Waals surface area contributed by atoms with Gasteiger partial charge in [-0.15, -0.1) is 0 Å². The second-order valence-electron chi connectivity index (χ2n) is 7.77. The average molecular weight is 548 g/mol. The number of carbonyl (C=O) groups excluding carboxylic acids is 3. The number of unbranched alkanes of at least 4 members (excludes halogenated alkanes) is 2. The number of nitrogens with zero attached hydrogens (tertiary/aromatic N) is 1. The lowest BCUT2D eigenvalue weighted by Crippen LogP contribution is -2.41. The highest BCUT2D eigenvalue weighted by Gasteiger charge is 2.31. The molecule has 1 fully saturated rings. The van der Waals surface area contributed by atoms with Crippen molar-refractivity contribution in [2.45, 2.75) is 25.7 Å². The number of benzene rings is 2. The Kier molecular flexibility index (Phi) is 10.2. The Bertz CT molecular complexity index is 1170. The van der Waals surface area contributed by atoms with Gasteiger partial charge >= 0.3 is 0 Å². The Labute approximate surface area is 224 Å². The summed E-state index contributed by atoms with van der Waals surface area (Å²) in [7, 11) is 3.12. The summed E-state index contributed by atoms with van der Waals surface area (Å²) in [6.07, 6.45) is 4.06. The van der Waals surface area contributed by atoms with Crippen molar-refractivity contribution < 1.29 is 23.9 Å². The van der Waals surface area contributed by atoms with Crippen molar-refractivity contribution >= 4 is 63.7 Å². The molecular weight excluding hydrogens is 522 g/mol. The summed E-state index contributed by atoms with van der Waals surface area (Å²) in [6.45, 7) is 0.475. The molecule has 2 aromatic carbocycles. The SMILES string of the molecule is COc1ccc(C=C2SC(=S)N(CCCCCC(=O)NNC(=O)c3ccc(Cl)cc3)C2=O)cc1OC. The summed E-state index contributed by atoms with van der Waals surface area (Å²) in [4.78, 5) is 39.0. The van der Waals surface area contributed by atoms with Crippen LogP contribution in [-0.4, -0.2) is 47.7 Å². The molecule has 0 radical (unpaired) electrons. The molecule has 3 rings (SSSR count). The standard InChI is InChI=1S/C25H26ClN3O5S2/c1-33-19-12-7-16(14-20(19)34-2)15-21-24(32)29(25(35)36-21)13-5-3-4-6-22(30)27-28-23(31)17-8-10-18(26)11-9-17/h7-12,14-15H,3-6,13H2,1-2H3,(H,27,30)(H,28,31). The molecule has 0 aliphatic carbocycles. The van der Waals surface area contributed by atoms with Gasteiger partial charge in [0.2, 0.25) is 5.91 Å². The summed E-state index contributed by atoms with van der Waals surface area (Å²) in [5, 5.41) is 0.524. The number of ether oxygens (including phenoxy) is 2. The largest absolute Gasteiger partial charge is 0.493 e. The first-order valence-corrected chi connectivity index (χ1v) is 12.7. The van der Waals surface area contributed by atoms with Crippen molar-refractivity contribution in [1.82, 2.24) is 15.8 Å². The van der Waals surface area contributed by atoms with Crippen LogP contribution in [-0.2, 0) is 9.59 Å². The van der Waals surface area contributed by atoms with E-state index in [1.54, 1.807) is 61.6 Å². The third-order valence-electron chi connectivity index (χ3n) is 5.29. The number of halogens is 1. The molecule has 3 amide bonds. The van der Waals surface area contributed by atoms with Crippen LogP contribution >= 0.6 is 35.6 Å². The fourth-order valence-electron chi connectivity index (χ4n) is 3.38. The Morgan fingerprint density at radius 1 is 1.03 bits per heavy atom. The zero-order chi connectivity index (χ0) is 26.1. The van der Waals surface area contributed by atoms with Crippen molar-refractivity contribution in [3.63, 3.8) is 0 Å². The molecule has 11 heteroatoms. The topological polar surface area (TPSA) is 97.0 Å². The van der Waals surface area contributed by atoms with E-state index in [1.807, 2.05) is 6.07 Å². The van der Waals surface area contributed by atoms with Gasteiger partial charge in [-0.05, 0) is 60.9 Å². The number of hydrogen-bond donors (Lipinski definition) is 2. The summed E-state index contributed by atoms with van der Waals surface area (Å²) in [6, 6.07) is 11.8. The minimum absolute atomic E-state index is 0.137. The van der Waals surface area contributed by atoms with E-state index < -0.39 is 5.91 Å². The van der Waals surface area contributed by atoms with Gasteiger partial charge in [0.25, 0.3) is 11.8 Å². The van der Waals surface area contributed by atoms with Gasteiger partial charge in [-0.2, -0.15) is 0 Å². The maximum Gasteiger partial charge on any atom is 0.269 e. The first-order chi connectivity index (χ1) is 17.3. The van der Waals surface area contributed by atoms with E-state index in [0.29, 0.717) is 50.7 Å². The van der Waals surface area contributed by atoms with Crippen molar-refractivity contribution in [2.75, 3.05) is 20.8 Å². The molecular formula is C25H26ClN3O5S2. The van der Waals surface area contributed by atoms with Crippen molar-refractivity contribution in [2.24, 2.45) is 0 Å². The molecule has 0 bridgehead atoms. The van der Waals surface area contributed by atoms with Crippen LogP contribution in [0.25, 0.3) is 6.08 Å². The highest BCUT2D eigenvalue weighted by Crippen LogP contribution is 2.34. The molecule has 8 nitrogen and oxygen atoms in total. The molecule has 2 N–H and O–H groups in total. The Morgan fingerprint density at radius 3 is 2.44 bits per heavy atom. The monoisotopic (exact) mass is 547 g/mol. The highest BCUT2D eigenvalue weighted by molar-refractivity contribution is 8.26. The second-order valence-corrected chi connectivity index (χ2v) is 9.88. The molecule has 2 aromatic rings. The molecule has 1 aliphatic rings. The molecule has 1 aliphatic heterocycles. The predicted molar refractivity (Wildman–Crippen MR) is 145 cm³/mol. The van der Waals surface area contributed by atoms with Gasteiger partial charge in [0.05, 0.1) is 19.1 Å². The number of nitrogens with one attached hydrogen (secondary N) is 2. The number of rotatable bonds is 10. The van der Waals surface area contributed by atoms with Gasteiger partial charge in [-0.1, -0.05) is 48.1 Å². The zero-order valence-electron chi connectivity index (χ0n) is 19.8. The van der Waals surface area contributed by atoms with Crippen LogP contribution < -0.4 is 20.3 Å². The molecule has 0 saturated carbocycles. The van der Waals surface area contributed by atoms with Crippen molar-refractivity contribution in [3.05, 3.63) is 63.5 Å². The number of methoxy groups -OCH3 is 2. The van der Waals surface area contributed by atoms with Crippen LogP contribution in [0.15, 0.2) is 47.4 Å². The molecule has 36 heavy (non-hydrogen) atoms. The van der Waals surface area contributed by atoms with Crippen LogP contribution in [0.5, 0.6) is 11.5 Å². The smallest absolute Gasteiger partial charge is 0.269 e. The number of amides is 3. The van der Waals surface area contributed by atoms with Gasteiger partial charge in [-0.25, -0.2) is 0 Å². The molecule has 0 aromatic heterocycles. The number of thioether (sulfide) groups is 1. The third kappa shape index (κ3) is 7.46. The number of hydrazine groups is 1. The van der Waals surface area contributed by atoms with Gasteiger partial charge in [0.15, 0.2) is 11.5 Å². The van der Waals surface area contributed by atoms with Gasteiger partial charge < -0.3 is 9.47 Å². The molecule has 1 heterocycles. The van der Waals surface area contributed by atoms with Gasteiger partial charge in [0.1, 0.15) is 4.32 Å². The Morgan fingerprint density at radius 2 is 1.75 bits per heavy atom. The number of hydrogen-bond acceptors (Lipinski definition) is 7. The van der Waals surface area contributed by atoms with E-state index in [-0.39, 0.29) is 18.2 Å². The van der Waals surface area contributed by atoms with E-state index in [0.717, 1.165) is 12.0 Å². The van der Waals surface area contributed by atoms with E-state index >= 15 is 0 Å². The van der Waals surface area contributed by atoms with Crippen LogP contribution in [0.4, 0.5) is 0 Å². The minimum atomic E-state index is -0.421. The molecule has 0 atom stereocenters. The van der Waals surface area contributed by atoms with Crippen molar-refractivity contribution in [3.8, 4) is 11.5 Å². The second kappa shape index (κ2) is 13.3. The first kappa shape index (κ1) is 27.5. The van der Waals surface area contributed by atoms with Gasteiger partial charge in [0, 0.05) is 23.6 Å². The summed E-state index contributed by atoms with van der Waals surface area (Å²) >= 11 is 12.5. The number of thiocarbonyl (C=S) groups is 1. The average Bonchev–Trinajstić information content (AvgIpc) is 3.14. The Balaban J connectivity index is 1.40. The number of carbonyl (C=O) groups is 3. The lowest BCUT2D eigenvalue weighted by molar-refractivity contribution is -0.123. The minimum Gasteiger partial charge on any atom is -0.493 e. The van der Waals surface area contributed by atoms with Gasteiger partial charge in [-0.3, -0.25) is 30.1 Å². The van der Waals surface area contributed by atoms with Crippen LogP contribution in [0.1, 0.15) is 41.6 Å². The van der Waals surface area contributed by atoms with Crippen molar-refractivity contribution in [1.29, 1.82) is 0 Å². The maximum absolute atomic E-state index is 12.8.